The molecule has 1 fully saturated rings. The Morgan fingerprint density at radius 2 is 2.19 bits per heavy atom. The van der Waals surface area contributed by atoms with Gasteiger partial charge in [-0.2, -0.15) is 0 Å². The van der Waals surface area contributed by atoms with Crippen LogP contribution in [0.3, 0.4) is 0 Å². The fourth-order valence-corrected chi connectivity index (χ4v) is 6.27. The molecular formula is C19H25N3O2S2. The molecule has 2 atom stereocenters. The number of likely N-dealkylation sites (tertiary alicyclic amines) is 1. The van der Waals surface area contributed by atoms with Crippen LogP contribution in [0.4, 0.5) is 0 Å². The van der Waals surface area contributed by atoms with E-state index < -0.39 is 0 Å². The number of nitrogens with zero attached hydrogens (tertiary/aromatic N) is 2. The van der Waals surface area contributed by atoms with Crippen molar-refractivity contribution in [1.82, 2.24) is 14.9 Å². The molecule has 0 saturated carbocycles. The van der Waals surface area contributed by atoms with E-state index in [0.717, 1.165) is 48.9 Å². The van der Waals surface area contributed by atoms with Crippen LogP contribution in [0.2, 0.25) is 0 Å². The van der Waals surface area contributed by atoms with Crippen LogP contribution in [-0.2, 0) is 17.6 Å². The van der Waals surface area contributed by atoms with E-state index in [9.17, 15) is 9.59 Å². The molecule has 0 aromatic carbocycles. The predicted molar refractivity (Wildman–Crippen MR) is 107 cm³/mol. The van der Waals surface area contributed by atoms with Gasteiger partial charge in [0.2, 0.25) is 5.91 Å². The molecule has 2 aromatic heterocycles. The van der Waals surface area contributed by atoms with Crippen molar-refractivity contribution >= 4 is 39.2 Å². The quantitative estimate of drug-likeness (QED) is 0.641. The predicted octanol–water partition coefficient (Wildman–Crippen LogP) is 3.60. The summed E-state index contributed by atoms with van der Waals surface area (Å²) < 4.78 is 0. The van der Waals surface area contributed by atoms with Crippen LogP contribution < -0.4 is 5.56 Å². The summed E-state index contributed by atoms with van der Waals surface area (Å²) in [7, 11) is 0. The molecule has 0 bridgehead atoms. The zero-order valence-corrected chi connectivity index (χ0v) is 17.0. The Labute approximate surface area is 161 Å². The van der Waals surface area contributed by atoms with E-state index in [1.165, 1.54) is 28.6 Å². The standard InChI is InChI=1S/C19H25N3O2S2/c1-11-6-7-13-14(9-11)26-18-16(13)17(24)20-19(21-18)25-10-15(23)22-8-4-3-5-12(22)2/h11-12H,3-10H2,1-2H3,(H,20,21,24)/t11-,12+/m0/s1. The number of hydrogen-bond acceptors (Lipinski definition) is 5. The minimum atomic E-state index is -0.0525. The molecule has 1 saturated heterocycles. The summed E-state index contributed by atoms with van der Waals surface area (Å²) >= 11 is 3.00. The van der Waals surface area contributed by atoms with Crippen LogP contribution >= 0.6 is 23.1 Å². The molecule has 1 aliphatic carbocycles. The number of rotatable bonds is 3. The summed E-state index contributed by atoms with van der Waals surface area (Å²) in [6.45, 7) is 5.23. The van der Waals surface area contributed by atoms with Gasteiger partial charge in [-0.15, -0.1) is 11.3 Å². The van der Waals surface area contributed by atoms with Gasteiger partial charge in [-0.1, -0.05) is 18.7 Å². The average Bonchev–Trinajstić information content (AvgIpc) is 2.97. The van der Waals surface area contributed by atoms with E-state index in [4.69, 9.17) is 0 Å². The van der Waals surface area contributed by atoms with E-state index in [1.54, 1.807) is 11.3 Å². The minimum absolute atomic E-state index is 0.0525. The van der Waals surface area contributed by atoms with Crippen molar-refractivity contribution in [3.05, 3.63) is 20.8 Å². The Balaban J connectivity index is 1.52. The lowest BCUT2D eigenvalue weighted by Gasteiger charge is -2.33. The summed E-state index contributed by atoms with van der Waals surface area (Å²) in [5, 5.41) is 1.34. The molecule has 1 amide bonds. The maximum atomic E-state index is 12.6. The summed E-state index contributed by atoms with van der Waals surface area (Å²) in [6.07, 6.45) is 6.52. The highest BCUT2D eigenvalue weighted by Crippen LogP contribution is 2.36. The van der Waals surface area contributed by atoms with Crippen LogP contribution in [0.5, 0.6) is 0 Å². The topological polar surface area (TPSA) is 66.1 Å². The fraction of sp³-hybridized carbons (Fsp3) is 0.632. The molecule has 7 heteroatoms. The number of piperidine rings is 1. The first-order valence-corrected chi connectivity index (χ1v) is 11.3. The molecule has 5 nitrogen and oxygen atoms in total. The van der Waals surface area contributed by atoms with Crippen molar-refractivity contribution in [1.29, 1.82) is 0 Å². The van der Waals surface area contributed by atoms with Crippen molar-refractivity contribution in [3.8, 4) is 0 Å². The molecular weight excluding hydrogens is 366 g/mol. The molecule has 140 valence electrons. The third kappa shape index (κ3) is 3.43. The summed E-state index contributed by atoms with van der Waals surface area (Å²) in [6, 6.07) is 0.317. The Morgan fingerprint density at radius 1 is 1.35 bits per heavy atom. The smallest absolute Gasteiger partial charge is 0.260 e. The number of hydrogen-bond donors (Lipinski definition) is 1. The number of aromatic nitrogens is 2. The van der Waals surface area contributed by atoms with Crippen LogP contribution in [0, 0.1) is 5.92 Å². The lowest BCUT2D eigenvalue weighted by molar-refractivity contribution is -0.131. The van der Waals surface area contributed by atoms with E-state index in [2.05, 4.69) is 23.8 Å². The number of aromatic amines is 1. The number of carbonyl (C=O) groups excluding carboxylic acids is 1. The van der Waals surface area contributed by atoms with Crippen molar-refractivity contribution in [2.75, 3.05) is 12.3 Å². The molecule has 0 spiro atoms. The molecule has 0 radical (unpaired) electrons. The van der Waals surface area contributed by atoms with Crippen molar-refractivity contribution in [2.24, 2.45) is 5.92 Å². The highest BCUT2D eigenvalue weighted by molar-refractivity contribution is 7.99. The number of H-pyrrole nitrogens is 1. The van der Waals surface area contributed by atoms with Crippen LogP contribution in [0.1, 0.15) is 50.0 Å². The van der Waals surface area contributed by atoms with Crippen LogP contribution in [0.25, 0.3) is 10.2 Å². The van der Waals surface area contributed by atoms with Gasteiger partial charge in [-0.05, 0) is 56.9 Å². The van der Waals surface area contributed by atoms with Gasteiger partial charge in [0.05, 0.1) is 11.1 Å². The van der Waals surface area contributed by atoms with E-state index in [-0.39, 0.29) is 11.5 Å². The third-order valence-corrected chi connectivity index (χ3v) is 7.61. The first-order chi connectivity index (χ1) is 12.5. The highest BCUT2D eigenvalue weighted by Gasteiger charge is 2.25. The maximum absolute atomic E-state index is 12.6. The van der Waals surface area contributed by atoms with Crippen LogP contribution in [-0.4, -0.2) is 39.1 Å². The van der Waals surface area contributed by atoms with Gasteiger partial charge in [0.15, 0.2) is 5.16 Å². The Morgan fingerprint density at radius 3 is 3.00 bits per heavy atom. The monoisotopic (exact) mass is 391 g/mol. The molecule has 26 heavy (non-hydrogen) atoms. The van der Waals surface area contributed by atoms with Gasteiger partial charge in [-0.25, -0.2) is 4.98 Å². The van der Waals surface area contributed by atoms with Gasteiger partial charge in [0.1, 0.15) is 4.83 Å². The lowest BCUT2D eigenvalue weighted by atomic mass is 9.89. The zero-order valence-electron chi connectivity index (χ0n) is 15.3. The molecule has 2 aromatic rings. The van der Waals surface area contributed by atoms with Gasteiger partial charge >= 0.3 is 0 Å². The number of fused-ring (bicyclic) bond motifs is 3. The van der Waals surface area contributed by atoms with Crippen molar-refractivity contribution < 1.29 is 4.79 Å². The zero-order chi connectivity index (χ0) is 18.3. The van der Waals surface area contributed by atoms with Gasteiger partial charge in [-0.3, -0.25) is 9.59 Å². The number of carbonyl (C=O) groups is 1. The Bertz CT molecular complexity index is 889. The first kappa shape index (κ1) is 18.0. The molecule has 2 aliphatic rings. The third-order valence-electron chi connectivity index (χ3n) is 5.60. The fourth-order valence-electron chi connectivity index (χ4n) is 4.08. The average molecular weight is 392 g/mol. The van der Waals surface area contributed by atoms with E-state index in [1.807, 2.05) is 4.90 Å². The second-order valence-electron chi connectivity index (χ2n) is 7.62. The Hall–Kier alpha value is -1.34. The van der Waals surface area contributed by atoms with Gasteiger partial charge < -0.3 is 9.88 Å². The Kier molecular flexibility index (Phi) is 5.10. The SMILES string of the molecule is C[C@H]1CCc2c(sc3nc(SCC(=O)N4CCCC[C@H]4C)[nH]c(=O)c23)C1. The number of amides is 1. The minimum Gasteiger partial charge on any atom is -0.339 e. The molecule has 0 unspecified atom stereocenters. The second kappa shape index (κ2) is 7.35. The summed E-state index contributed by atoms with van der Waals surface area (Å²) in [5.74, 6) is 1.15. The maximum Gasteiger partial charge on any atom is 0.260 e. The lowest BCUT2D eigenvalue weighted by Crippen LogP contribution is -2.43. The number of aryl methyl sites for hydroxylation is 1. The molecule has 3 heterocycles. The van der Waals surface area contributed by atoms with Gasteiger partial charge in [0.25, 0.3) is 5.56 Å². The van der Waals surface area contributed by atoms with Crippen molar-refractivity contribution in [3.63, 3.8) is 0 Å². The second-order valence-corrected chi connectivity index (χ2v) is 9.67. The van der Waals surface area contributed by atoms with Crippen LogP contribution in [0.15, 0.2) is 9.95 Å². The van der Waals surface area contributed by atoms with Gasteiger partial charge in [0, 0.05) is 17.5 Å². The first-order valence-electron chi connectivity index (χ1n) is 9.49. The molecule has 1 N–H and O–H groups in total. The number of thiophene rings is 1. The highest BCUT2D eigenvalue weighted by atomic mass is 32.2. The number of nitrogens with one attached hydrogen (secondary N) is 1. The van der Waals surface area contributed by atoms with E-state index >= 15 is 0 Å². The van der Waals surface area contributed by atoms with Crippen molar-refractivity contribution in [2.45, 2.75) is 63.6 Å². The number of thioether (sulfide) groups is 1. The largest absolute Gasteiger partial charge is 0.339 e. The molecule has 4 rings (SSSR count). The summed E-state index contributed by atoms with van der Waals surface area (Å²) in [5.41, 5.74) is 1.15. The van der Waals surface area contributed by atoms with E-state index in [0.29, 0.717) is 22.9 Å². The molecule has 1 aliphatic heterocycles. The summed E-state index contributed by atoms with van der Waals surface area (Å²) in [4.78, 5) is 36.8. The normalized spacial score (nSPS) is 23.2.